The monoisotopic (exact) mass is 1280 g/mol. The second-order valence-corrected chi connectivity index (χ2v) is 21.5. The first-order valence-corrected chi connectivity index (χ1v) is 28.3. The summed E-state index contributed by atoms with van der Waals surface area (Å²) in [7, 11) is 0. The third-order valence-electron chi connectivity index (χ3n) is 13.6. The van der Waals surface area contributed by atoms with Crippen molar-refractivity contribution in [2.24, 2.45) is 46.6 Å². The summed E-state index contributed by atoms with van der Waals surface area (Å²) in [6, 6.07) is 16.8. The normalized spacial score (nSPS) is 17.3. The lowest BCUT2D eigenvalue weighted by atomic mass is 10.1. The van der Waals surface area contributed by atoms with Gasteiger partial charge in [-0.15, -0.1) is 0 Å². The fourth-order valence-corrected chi connectivity index (χ4v) is 7.80. The Morgan fingerprint density at radius 3 is 1.35 bits per heavy atom. The minimum atomic E-state index is -3.13. The number of aromatic nitrogens is 2. The van der Waals surface area contributed by atoms with Gasteiger partial charge in [-0.3, -0.25) is 9.59 Å². The van der Waals surface area contributed by atoms with E-state index < -0.39 is 119 Å². The number of Topliss-reactive ketones (excluding diaryl/α,β-unsaturated/α-hetero) is 2. The third-order valence-corrected chi connectivity index (χ3v) is 14.1. The first-order valence-electron chi connectivity index (χ1n) is 27.2. The van der Waals surface area contributed by atoms with E-state index >= 15 is 0 Å². The number of hydrogen-bond donors (Lipinski definition) is 3. The fourth-order valence-electron chi connectivity index (χ4n) is 7.34. The van der Waals surface area contributed by atoms with Crippen molar-refractivity contribution in [2.75, 3.05) is 31.8 Å². The highest BCUT2D eigenvalue weighted by atomic mass is 79.9. The first kappa shape index (κ1) is 69.1. The van der Waals surface area contributed by atoms with Gasteiger partial charge in [-0.05, 0) is 121 Å². The molecular weight excluding hydrogens is 1220 g/mol. The zero-order valence-electron chi connectivity index (χ0n) is 45.8. The Balaban J connectivity index is 0.000000185. The van der Waals surface area contributed by atoms with Gasteiger partial charge in [0.15, 0.2) is 24.7 Å². The van der Waals surface area contributed by atoms with E-state index in [0.717, 1.165) is 31.9 Å². The quantitative estimate of drug-likeness (QED) is 0.0133. The van der Waals surface area contributed by atoms with E-state index in [-0.39, 0.29) is 24.9 Å². The second-order valence-electron chi connectivity index (χ2n) is 20.9. The number of esters is 3. The molecule has 2 aromatic heterocycles. The molecule has 2 aromatic carbocycles. The Morgan fingerprint density at radius 1 is 0.576 bits per heavy atom. The summed E-state index contributed by atoms with van der Waals surface area (Å²) >= 11 is 3.11. The third kappa shape index (κ3) is 22.6. The van der Waals surface area contributed by atoms with Crippen LogP contribution in [0.1, 0.15) is 150 Å². The number of aliphatic hydroxyl groups is 1. The lowest BCUT2D eigenvalue weighted by Gasteiger charge is -2.15. The van der Waals surface area contributed by atoms with Gasteiger partial charge in [0, 0.05) is 41.4 Å². The number of oxime groups is 1. The van der Waals surface area contributed by atoms with Crippen molar-refractivity contribution in [3.05, 3.63) is 107 Å². The van der Waals surface area contributed by atoms with Gasteiger partial charge in [0.05, 0.1) is 34.2 Å². The Kier molecular flexibility index (Phi) is 25.3. The number of alkyl halides is 11. The van der Waals surface area contributed by atoms with Crippen LogP contribution >= 0.6 is 15.9 Å². The second kappa shape index (κ2) is 31.1. The molecule has 7 saturated carbocycles. The maximum Gasteiger partial charge on any atom is 0.361 e. The molecule has 7 fully saturated rings. The minimum Gasteiger partial charge on any atom is -0.476 e. The van der Waals surface area contributed by atoms with Gasteiger partial charge in [-0.2, -0.15) is 8.78 Å². The molecule has 468 valence electrons. The number of aromatic carboxylic acids is 1. The highest BCUT2D eigenvalue weighted by Gasteiger charge is 2.53. The fraction of sp³-hybridized carbons (Fsp3) is 0.561. The first-order chi connectivity index (χ1) is 40.1. The van der Waals surface area contributed by atoms with Gasteiger partial charge in [-0.1, -0.05) is 67.8 Å². The van der Waals surface area contributed by atoms with E-state index in [9.17, 15) is 72.7 Å². The molecule has 0 radical (unpaired) electrons. The van der Waals surface area contributed by atoms with Crippen molar-refractivity contribution in [1.82, 2.24) is 10.3 Å². The maximum absolute atomic E-state index is 13.7. The Bertz CT molecular complexity index is 2830. The van der Waals surface area contributed by atoms with Crippen molar-refractivity contribution in [3.63, 3.8) is 0 Å². The molecular formula is C57H64BrF10N3O14. The zero-order chi connectivity index (χ0) is 62.8. The Labute approximate surface area is 489 Å². The van der Waals surface area contributed by atoms with Crippen LogP contribution in [-0.2, 0) is 35.6 Å². The molecule has 7 aliphatic carbocycles. The van der Waals surface area contributed by atoms with Crippen molar-refractivity contribution in [2.45, 2.75) is 126 Å². The summed E-state index contributed by atoms with van der Waals surface area (Å²) in [4.78, 5) is 66.4. The van der Waals surface area contributed by atoms with E-state index in [0.29, 0.717) is 105 Å². The Hall–Kier alpha value is -6.71. The number of hydrogen-bond acceptors (Lipinski definition) is 16. The van der Waals surface area contributed by atoms with Gasteiger partial charge in [0.1, 0.15) is 31.1 Å². The topological polar surface area (TPSA) is 255 Å². The van der Waals surface area contributed by atoms with E-state index in [4.69, 9.17) is 20.2 Å². The number of halogens is 11. The number of benzene rings is 2. The largest absolute Gasteiger partial charge is 0.476 e. The molecule has 0 aliphatic heterocycles. The number of carboxylic acids is 1. The van der Waals surface area contributed by atoms with Gasteiger partial charge in [0.25, 0.3) is 29.6 Å². The molecule has 11 rings (SSSR count). The molecule has 2 heterocycles. The molecule has 0 bridgehead atoms. The van der Waals surface area contributed by atoms with Crippen molar-refractivity contribution < 1.29 is 111 Å². The number of carbonyl (C=O) groups excluding carboxylic acids is 5. The summed E-state index contributed by atoms with van der Waals surface area (Å²) in [5.74, 6) is -20.4. The lowest BCUT2D eigenvalue weighted by molar-refractivity contribution is -0.123. The van der Waals surface area contributed by atoms with Crippen LogP contribution < -0.4 is 0 Å². The van der Waals surface area contributed by atoms with Crippen LogP contribution in [0.5, 0.6) is 0 Å². The van der Waals surface area contributed by atoms with Crippen LogP contribution in [0.15, 0.2) is 87.4 Å². The summed E-state index contributed by atoms with van der Waals surface area (Å²) in [6.45, 7) is -0.182. The molecule has 28 heteroatoms. The maximum atomic E-state index is 13.7. The average Bonchev–Trinajstić information content (AvgIpc) is 4.04. The van der Waals surface area contributed by atoms with Crippen molar-refractivity contribution in [3.8, 4) is 0 Å². The highest BCUT2D eigenvalue weighted by molar-refractivity contribution is 9.09. The van der Waals surface area contributed by atoms with Crippen LogP contribution in [-0.4, -0.2) is 117 Å². The Morgan fingerprint density at radius 2 is 0.988 bits per heavy atom. The number of ether oxygens (including phenoxy) is 3. The minimum absolute atomic E-state index is 0.0410. The molecule has 85 heavy (non-hydrogen) atoms. The predicted molar refractivity (Wildman–Crippen MR) is 282 cm³/mol. The molecule has 3 N–H and O–H groups in total. The van der Waals surface area contributed by atoms with Gasteiger partial charge < -0.3 is 38.7 Å². The molecule has 0 amide bonds. The zero-order valence-corrected chi connectivity index (χ0v) is 47.4. The van der Waals surface area contributed by atoms with Crippen LogP contribution in [0.3, 0.4) is 0 Å². The van der Waals surface area contributed by atoms with E-state index in [1.165, 1.54) is 12.1 Å². The van der Waals surface area contributed by atoms with E-state index in [1.54, 1.807) is 49.4 Å². The van der Waals surface area contributed by atoms with E-state index in [1.807, 2.05) is 6.07 Å². The predicted octanol–water partition coefficient (Wildman–Crippen LogP) is 12.8. The SMILES string of the molecule is CCOC(=O)c1nocc1C(F)(F)C1CC1.O/N=C/C(F)(F)C1CC1.O=C(CBr)C1CC1.O=C(O)c1nocc1C(F)(F)C1CC1.O=C(OCC(=O)C1CC1)c1ccccc1.O=C(OCC(F)(F)C1CC1)c1ccccc1.OCC(F)(F)C1CC1. The number of nitrogens with zero attached hydrogens (tertiary/aromatic N) is 3. The smallest absolute Gasteiger partial charge is 0.361 e. The number of rotatable bonds is 21. The van der Waals surface area contributed by atoms with Gasteiger partial charge in [-0.25, -0.2) is 54.3 Å². The number of carboxylic acid groups (broad SMARTS) is 1. The number of aliphatic hydroxyl groups excluding tert-OH is 1. The summed E-state index contributed by atoms with van der Waals surface area (Å²) in [6.07, 6.45) is 11.0. The highest BCUT2D eigenvalue weighted by Crippen LogP contribution is 2.52. The van der Waals surface area contributed by atoms with Gasteiger partial charge in [0.2, 0.25) is 5.69 Å². The van der Waals surface area contributed by atoms with Crippen LogP contribution in [0.4, 0.5) is 43.9 Å². The summed E-state index contributed by atoms with van der Waals surface area (Å²) in [5, 5.41) is 33.6. The van der Waals surface area contributed by atoms with Crippen LogP contribution in [0.2, 0.25) is 0 Å². The molecule has 0 saturated heterocycles. The number of carbonyl (C=O) groups is 6. The lowest BCUT2D eigenvalue weighted by Crippen LogP contribution is -2.28. The molecule has 0 unspecified atom stereocenters. The average molecular weight is 1290 g/mol. The van der Waals surface area contributed by atoms with Crippen LogP contribution in [0.25, 0.3) is 0 Å². The van der Waals surface area contributed by atoms with Crippen molar-refractivity contribution >= 4 is 57.6 Å². The summed E-state index contributed by atoms with van der Waals surface area (Å²) in [5.41, 5.74) is -1.41. The molecule has 17 nitrogen and oxygen atoms in total. The number of ketones is 2. The molecule has 0 atom stereocenters. The molecule has 7 aliphatic rings. The van der Waals surface area contributed by atoms with Crippen molar-refractivity contribution in [1.29, 1.82) is 0 Å². The standard InChI is InChI=1S/C12H12F2O2.C12H12O3.C10H11F2NO3.C8H7F2NO3.C5H7BrO.C5H7F2NO.C5H8F2O/c13-12(14,10-6-7-10)8-16-11(15)9-4-2-1-3-5-9;13-11(9-6-7-9)8-15-12(14)10-4-2-1-3-5-10;1-2-15-9(14)8-7(5-16-13-8)10(11,12)6-3-4-6;9-8(10,4-1-2-4)5-3-14-11-6(5)7(12)13;6-3-5(7)4-1-2-4;6-5(7,3-8-9)4-1-2-4;6-5(7,3-8)4-1-2-4/h1-5,10H,6-8H2;1-5,9H,6-8H2;5-6H,2-4H2,1H3;3-4H,1-2H2,(H,12,13);4H,1-3H2;3-4,9H,1-2H2;4,8H,1-3H2/b;;;;;8-3+;. The van der Waals surface area contributed by atoms with Gasteiger partial charge >= 0.3 is 23.9 Å². The van der Waals surface area contributed by atoms with Crippen LogP contribution in [0, 0.1) is 41.4 Å². The molecule has 4 aromatic rings. The molecule has 0 spiro atoms. The van der Waals surface area contributed by atoms with E-state index in [2.05, 4.69) is 49.9 Å². The summed E-state index contributed by atoms with van der Waals surface area (Å²) < 4.78 is 152.